The summed E-state index contributed by atoms with van der Waals surface area (Å²) < 4.78 is 19.8. The van der Waals surface area contributed by atoms with Crippen LogP contribution in [-0.4, -0.2) is 32.2 Å². The molecule has 0 radical (unpaired) electrons. The number of benzene rings is 2. The van der Waals surface area contributed by atoms with Crippen molar-refractivity contribution in [3.63, 3.8) is 0 Å². The fourth-order valence-corrected chi connectivity index (χ4v) is 3.13. The van der Waals surface area contributed by atoms with Gasteiger partial charge >= 0.3 is 0 Å². The van der Waals surface area contributed by atoms with Gasteiger partial charge in [0.05, 0.1) is 18.9 Å². The van der Waals surface area contributed by atoms with Crippen molar-refractivity contribution in [3.8, 4) is 6.07 Å². The zero-order chi connectivity index (χ0) is 19.9. The predicted molar refractivity (Wildman–Crippen MR) is 107 cm³/mol. The molecule has 1 amide bonds. The van der Waals surface area contributed by atoms with Crippen LogP contribution < -0.4 is 10.2 Å². The number of carbonyl (C=O) groups is 1. The number of carbonyl (C=O) groups excluding carboxylic acids is 1. The summed E-state index contributed by atoms with van der Waals surface area (Å²) in [5.74, 6) is -0.897. The molecule has 0 atom stereocenters. The first-order valence-corrected chi connectivity index (χ1v) is 9.25. The highest BCUT2D eigenvalue weighted by Gasteiger charge is 2.16. The van der Waals surface area contributed by atoms with Crippen LogP contribution in [-0.2, 0) is 16.0 Å². The highest BCUT2D eigenvalue weighted by atomic mass is 19.1. The molecule has 3 rings (SSSR count). The lowest BCUT2D eigenvalue weighted by atomic mass is 10.1. The Morgan fingerprint density at radius 1 is 1.29 bits per heavy atom. The lowest BCUT2D eigenvalue weighted by molar-refractivity contribution is -0.112. The fourth-order valence-electron chi connectivity index (χ4n) is 3.13. The molecular formula is C22H22FN3O2. The van der Waals surface area contributed by atoms with Gasteiger partial charge in [0.1, 0.15) is 17.5 Å². The molecule has 2 aromatic rings. The lowest BCUT2D eigenvalue weighted by Gasteiger charge is -2.29. The molecule has 6 heteroatoms. The van der Waals surface area contributed by atoms with E-state index in [1.165, 1.54) is 12.1 Å². The molecule has 1 N–H and O–H groups in total. The van der Waals surface area contributed by atoms with Gasteiger partial charge in [0.25, 0.3) is 5.91 Å². The van der Waals surface area contributed by atoms with Crippen LogP contribution in [0.15, 0.2) is 48.0 Å². The van der Waals surface area contributed by atoms with Gasteiger partial charge in [0.2, 0.25) is 0 Å². The molecule has 0 unspecified atom stereocenters. The number of rotatable bonds is 5. The van der Waals surface area contributed by atoms with Crippen molar-refractivity contribution in [2.24, 2.45) is 0 Å². The molecule has 1 aliphatic heterocycles. The Hall–Kier alpha value is -3.17. The van der Waals surface area contributed by atoms with E-state index in [1.807, 2.05) is 36.1 Å². The van der Waals surface area contributed by atoms with E-state index in [2.05, 4.69) is 5.32 Å². The van der Waals surface area contributed by atoms with Crippen molar-refractivity contribution < 1.29 is 13.9 Å². The monoisotopic (exact) mass is 379 g/mol. The van der Waals surface area contributed by atoms with Gasteiger partial charge in [-0.25, -0.2) is 4.39 Å². The largest absolute Gasteiger partial charge is 0.378 e. The fraction of sp³-hybridized carbons (Fsp3) is 0.273. The summed E-state index contributed by atoms with van der Waals surface area (Å²) in [5.41, 5.74) is 2.54. The molecule has 0 aliphatic carbocycles. The number of amides is 1. The molecule has 1 saturated heterocycles. The van der Waals surface area contributed by atoms with Gasteiger partial charge in [-0.15, -0.1) is 0 Å². The number of ether oxygens (including phenoxy) is 1. The maximum absolute atomic E-state index is 14.5. The SMILES string of the molecule is CCc1ccccc1NC(=O)/C(C#N)=C\c1ccc(N2CCOCC2)c(F)c1. The van der Waals surface area contributed by atoms with E-state index in [1.54, 1.807) is 18.2 Å². The normalized spacial score (nSPS) is 14.5. The average molecular weight is 379 g/mol. The highest BCUT2D eigenvalue weighted by Crippen LogP contribution is 2.23. The Kier molecular flexibility index (Phi) is 6.41. The van der Waals surface area contributed by atoms with Crippen LogP contribution in [0, 0.1) is 17.1 Å². The number of para-hydroxylation sites is 1. The van der Waals surface area contributed by atoms with Gasteiger partial charge < -0.3 is 15.0 Å². The number of nitrogens with one attached hydrogen (secondary N) is 1. The molecular weight excluding hydrogens is 357 g/mol. The van der Waals surface area contributed by atoms with Crippen molar-refractivity contribution in [1.82, 2.24) is 0 Å². The van der Waals surface area contributed by atoms with E-state index >= 15 is 0 Å². The maximum atomic E-state index is 14.5. The predicted octanol–water partition coefficient (Wildman–Crippen LogP) is 3.77. The third-order valence-electron chi connectivity index (χ3n) is 4.65. The van der Waals surface area contributed by atoms with E-state index in [9.17, 15) is 14.4 Å². The molecule has 1 heterocycles. The van der Waals surface area contributed by atoms with Crippen molar-refractivity contribution >= 4 is 23.4 Å². The van der Waals surface area contributed by atoms with Crippen molar-refractivity contribution in [2.75, 3.05) is 36.5 Å². The minimum absolute atomic E-state index is 0.0792. The molecule has 0 spiro atoms. The minimum atomic E-state index is -0.513. The Bertz CT molecular complexity index is 928. The Balaban J connectivity index is 1.79. The summed E-state index contributed by atoms with van der Waals surface area (Å²) in [6, 6.07) is 14.1. The minimum Gasteiger partial charge on any atom is -0.378 e. The number of morpholine rings is 1. The van der Waals surface area contributed by atoms with Gasteiger partial charge in [-0.1, -0.05) is 31.2 Å². The molecule has 144 valence electrons. The third kappa shape index (κ3) is 4.56. The second-order valence-electron chi connectivity index (χ2n) is 6.44. The van der Waals surface area contributed by atoms with Crippen molar-refractivity contribution in [3.05, 3.63) is 65.0 Å². The zero-order valence-corrected chi connectivity index (χ0v) is 15.7. The number of hydrogen-bond acceptors (Lipinski definition) is 4. The molecule has 0 bridgehead atoms. The molecule has 28 heavy (non-hydrogen) atoms. The van der Waals surface area contributed by atoms with Crippen LogP contribution in [0.5, 0.6) is 0 Å². The number of anilines is 2. The van der Waals surface area contributed by atoms with Gasteiger partial charge in [-0.05, 0) is 41.8 Å². The molecule has 2 aromatic carbocycles. The van der Waals surface area contributed by atoms with Gasteiger partial charge in [-0.3, -0.25) is 4.79 Å². The Labute approximate surface area is 164 Å². The first-order valence-electron chi connectivity index (χ1n) is 9.25. The van der Waals surface area contributed by atoms with E-state index in [-0.39, 0.29) is 11.4 Å². The van der Waals surface area contributed by atoms with Gasteiger partial charge in [0.15, 0.2) is 0 Å². The molecule has 0 saturated carbocycles. The second-order valence-corrected chi connectivity index (χ2v) is 6.44. The molecule has 5 nitrogen and oxygen atoms in total. The summed E-state index contributed by atoms with van der Waals surface area (Å²) in [4.78, 5) is 14.4. The van der Waals surface area contributed by atoms with E-state index in [0.29, 0.717) is 43.2 Å². The standard InChI is InChI=1S/C22H22FN3O2/c1-2-17-5-3-4-6-20(17)25-22(27)18(15-24)13-16-7-8-21(19(23)14-16)26-9-11-28-12-10-26/h3-8,13-14H,2,9-12H2,1H3,(H,25,27)/b18-13-. The second kappa shape index (κ2) is 9.16. The summed E-state index contributed by atoms with van der Waals surface area (Å²) in [5, 5.41) is 12.2. The quantitative estimate of drug-likeness (QED) is 0.634. The van der Waals surface area contributed by atoms with Crippen LogP contribution in [0.4, 0.5) is 15.8 Å². The van der Waals surface area contributed by atoms with E-state index in [0.717, 1.165) is 12.0 Å². The molecule has 0 aromatic heterocycles. The highest BCUT2D eigenvalue weighted by molar-refractivity contribution is 6.10. The number of halogens is 1. The molecule has 1 fully saturated rings. The number of nitriles is 1. The smallest absolute Gasteiger partial charge is 0.266 e. The Morgan fingerprint density at radius 3 is 2.71 bits per heavy atom. The van der Waals surface area contributed by atoms with Crippen molar-refractivity contribution in [1.29, 1.82) is 5.26 Å². The summed E-state index contributed by atoms with van der Waals surface area (Å²) in [6.07, 6.45) is 2.16. The number of hydrogen-bond donors (Lipinski definition) is 1. The number of aryl methyl sites for hydroxylation is 1. The summed E-state index contributed by atoms with van der Waals surface area (Å²) >= 11 is 0. The zero-order valence-electron chi connectivity index (χ0n) is 15.7. The van der Waals surface area contributed by atoms with Crippen LogP contribution in [0.25, 0.3) is 6.08 Å². The Morgan fingerprint density at radius 2 is 2.04 bits per heavy atom. The topological polar surface area (TPSA) is 65.4 Å². The first-order chi connectivity index (χ1) is 13.6. The van der Waals surface area contributed by atoms with E-state index in [4.69, 9.17) is 4.74 Å². The van der Waals surface area contributed by atoms with Gasteiger partial charge in [-0.2, -0.15) is 5.26 Å². The van der Waals surface area contributed by atoms with Crippen LogP contribution in [0.3, 0.4) is 0 Å². The average Bonchev–Trinajstić information content (AvgIpc) is 2.73. The van der Waals surface area contributed by atoms with Crippen LogP contribution in [0.2, 0.25) is 0 Å². The number of nitrogens with zero attached hydrogens (tertiary/aromatic N) is 2. The lowest BCUT2D eigenvalue weighted by Crippen LogP contribution is -2.36. The van der Waals surface area contributed by atoms with E-state index < -0.39 is 5.91 Å². The van der Waals surface area contributed by atoms with Crippen molar-refractivity contribution in [2.45, 2.75) is 13.3 Å². The summed E-state index contributed by atoms with van der Waals surface area (Å²) in [7, 11) is 0. The van der Waals surface area contributed by atoms with Crippen LogP contribution in [0.1, 0.15) is 18.1 Å². The third-order valence-corrected chi connectivity index (χ3v) is 4.65. The van der Waals surface area contributed by atoms with Gasteiger partial charge in [0, 0.05) is 18.8 Å². The molecule has 1 aliphatic rings. The maximum Gasteiger partial charge on any atom is 0.266 e. The van der Waals surface area contributed by atoms with Crippen LogP contribution >= 0.6 is 0 Å². The summed E-state index contributed by atoms with van der Waals surface area (Å²) in [6.45, 7) is 4.40. The first kappa shape index (κ1) is 19.6.